The van der Waals surface area contributed by atoms with E-state index in [0.29, 0.717) is 6.04 Å². The average molecular weight is 287 g/mol. The molecule has 1 unspecified atom stereocenters. The summed E-state index contributed by atoms with van der Waals surface area (Å²) >= 11 is 6.06. The Morgan fingerprint density at radius 2 is 1.94 bits per heavy atom. The largest absolute Gasteiger partial charge is 0.316 e. The number of hydrogen-bond acceptors (Lipinski definition) is 2. The van der Waals surface area contributed by atoms with Gasteiger partial charge in [0.25, 0.3) is 0 Å². The van der Waals surface area contributed by atoms with Crippen molar-refractivity contribution in [3.63, 3.8) is 0 Å². The van der Waals surface area contributed by atoms with E-state index in [-0.39, 0.29) is 12.4 Å². The van der Waals surface area contributed by atoms with Crippen LogP contribution in [0.1, 0.15) is 18.5 Å². The second kappa shape index (κ2) is 5.79. The number of halogens is 2. The lowest BCUT2D eigenvalue weighted by molar-refractivity contribution is 0.244. The van der Waals surface area contributed by atoms with Gasteiger partial charge in [-0.2, -0.15) is 0 Å². The minimum Gasteiger partial charge on any atom is -0.316 e. The lowest BCUT2D eigenvalue weighted by Gasteiger charge is -2.25. The van der Waals surface area contributed by atoms with Gasteiger partial charge in [0.15, 0.2) is 0 Å². The lowest BCUT2D eigenvalue weighted by atomic mass is 10.0. The second-order valence-corrected chi connectivity index (χ2v) is 5.80. The first kappa shape index (κ1) is 14.1. The summed E-state index contributed by atoms with van der Waals surface area (Å²) in [6.07, 6.45) is 0. The highest BCUT2D eigenvalue weighted by Gasteiger charge is 2.37. The van der Waals surface area contributed by atoms with E-state index in [4.69, 9.17) is 11.6 Å². The highest BCUT2D eigenvalue weighted by atomic mass is 35.5. The summed E-state index contributed by atoms with van der Waals surface area (Å²) in [5, 5.41) is 4.33. The topological polar surface area (TPSA) is 15.3 Å². The number of rotatable bonds is 2. The van der Waals surface area contributed by atoms with Gasteiger partial charge >= 0.3 is 0 Å². The molecule has 0 aliphatic carbocycles. The van der Waals surface area contributed by atoms with Crippen LogP contribution < -0.4 is 5.32 Å². The molecule has 2 saturated heterocycles. The molecule has 0 spiro atoms. The van der Waals surface area contributed by atoms with E-state index in [1.807, 2.05) is 12.1 Å². The number of benzene rings is 1. The first-order valence-corrected chi connectivity index (χ1v) is 6.82. The number of nitrogens with one attached hydrogen (secondary N) is 1. The van der Waals surface area contributed by atoms with Crippen LogP contribution in [0.3, 0.4) is 0 Å². The van der Waals surface area contributed by atoms with Crippen LogP contribution in [0.15, 0.2) is 24.3 Å². The molecule has 0 bridgehead atoms. The molecular formula is C14H20Cl2N2. The molecule has 3 rings (SSSR count). The average Bonchev–Trinajstić information content (AvgIpc) is 2.88. The predicted octanol–water partition coefficient (Wildman–Crippen LogP) is 2.97. The van der Waals surface area contributed by atoms with Crippen molar-refractivity contribution in [2.75, 3.05) is 26.2 Å². The minimum atomic E-state index is 0. The molecule has 2 aliphatic heterocycles. The lowest BCUT2D eigenvalue weighted by Crippen LogP contribution is -2.28. The van der Waals surface area contributed by atoms with Crippen LogP contribution in [0.4, 0.5) is 0 Å². The molecule has 3 atom stereocenters. The van der Waals surface area contributed by atoms with Gasteiger partial charge in [0, 0.05) is 24.2 Å². The normalized spacial score (nSPS) is 28.8. The van der Waals surface area contributed by atoms with Crippen molar-refractivity contribution in [2.45, 2.75) is 13.0 Å². The van der Waals surface area contributed by atoms with Crippen molar-refractivity contribution in [3.05, 3.63) is 34.9 Å². The summed E-state index contributed by atoms with van der Waals surface area (Å²) in [4.78, 5) is 2.60. The molecule has 0 saturated carbocycles. The number of nitrogens with zero attached hydrogens (tertiary/aromatic N) is 1. The van der Waals surface area contributed by atoms with E-state index in [1.54, 1.807) is 0 Å². The van der Waals surface area contributed by atoms with Crippen LogP contribution in [-0.2, 0) is 0 Å². The molecule has 0 radical (unpaired) electrons. The molecule has 2 heterocycles. The van der Waals surface area contributed by atoms with E-state index >= 15 is 0 Å². The Hall–Kier alpha value is -0.280. The Morgan fingerprint density at radius 1 is 1.28 bits per heavy atom. The zero-order valence-electron chi connectivity index (χ0n) is 10.6. The van der Waals surface area contributed by atoms with Gasteiger partial charge in [-0.3, -0.25) is 4.90 Å². The molecule has 1 aromatic rings. The van der Waals surface area contributed by atoms with Crippen LogP contribution in [0.25, 0.3) is 0 Å². The van der Waals surface area contributed by atoms with Gasteiger partial charge in [0.2, 0.25) is 0 Å². The zero-order chi connectivity index (χ0) is 11.8. The summed E-state index contributed by atoms with van der Waals surface area (Å²) in [5.41, 5.74) is 1.34. The maximum absolute atomic E-state index is 6.06. The quantitative estimate of drug-likeness (QED) is 0.899. The Balaban J connectivity index is 0.00000120. The fourth-order valence-electron chi connectivity index (χ4n) is 3.19. The zero-order valence-corrected chi connectivity index (χ0v) is 12.2. The van der Waals surface area contributed by atoms with Crippen LogP contribution in [0, 0.1) is 11.8 Å². The molecule has 18 heavy (non-hydrogen) atoms. The van der Waals surface area contributed by atoms with E-state index < -0.39 is 0 Å². The summed E-state index contributed by atoms with van der Waals surface area (Å²) < 4.78 is 0. The monoisotopic (exact) mass is 286 g/mol. The first-order chi connectivity index (χ1) is 8.24. The third-order valence-corrected chi connectivity index (χ3v) is 4.53. The Bertz CT molecular complexity index is 399. The smallest absolute Gasteiger partial charge is 0.0409 e. The number of fused-ring (bicyclic) bond motifs is 1. The van der Waals surface area contributed by atoms with Crippen LogP contribution in [-0.4, -0.2) is 31.1 Å². The summed E-state index contributed by atoms with van der Waals surface area (Å²) in [6.45, 7) is 7.14. The second-order valence-electron chi connectivity index (χ2n) is 5.36. The van der Waals surface area contributed by atoms with E-state index in [2.05, 4.69) is 29.3 Å². The van der Waals surface area contributed by atoms with Gasteiger partial charge in [0.1, 0.15) is 0 Å². The summed E-state index contributed by atoms with van der Waals surface area (Å²) in [5.74, 6) is 1.72. The number of likely N-dealkylation sites (tertiary alicyclic amines) is 1. The minimum absolute atomic E-state index is 0. The van der Waals surface area contributed by atoms with Crippen molar-refractivity contribution >= 4 is 24.0 Å². The van der Waals surface area contributed by atoms with Crippen molar-refractivity contribution in [3.8, 4) is 0 Å². The van der Waals surface area contributed by atoms with E-state index in [9.17, 15) is 0 Å². The molecule has 1 aromatic carbocycles. The Kier molecular flexibility index (Phi) is 4.54. The molecule has 2 fully saturated rings. The standard InChI is InChI=1S/C14H19ClN2.ClH/c1-10(11-3-2-4-14(15)5-11)17-8-12-6-16-7-13(12)9-17;/h2-5,10,12-13,16H,6-9H2,1H3;1H/t10?,12-,13+;. The highest BCUT2D eigenvalue weighted by molar-refractivity contribution is 6.30. The molecule has 100 valence electrons. The van der Waals surface area contributed by atoms with Gasteiger partial charge in [-0.25, -0.2) is 0 Å². The fourth-order valence-corrected chi connectivity index (χ4v) is 3.38. The van der Waals surface area contributed by atoms with Crippen molar-refractivity contribution < 1.29 is 0 Å². The predicted molar refractivity (Wildman–Crippen MR) is 78.5 cm³/mol. The van der Waals surface area contributed by atoms with Gasteiger partial charge in [0.05, 0.1) is 0 Å². The van der Waals surface area contributed by atoms with Crippen LogP contribution >= 0.6 is 24.0 Å². The van der Waals surface area contributed by atoms with Gasteiger partial charge < -0.3 is 5.32 Å². The molecule has 2 nitrogen and oxygen atoms in total. The Morgan fingerprint density at radius 3 is 2.56 bits per heavy atom. The maximum Gasteiger partial charge on any atom is 0.0409 e. The summed E-state index contributed by atoms with van der Waals surface area (Å²) in [6, 6.07) is 8.76. The third-order valence-electron chi connectivity index (χ3n) is 4.30. The molecule has 0 amide bonds. The molecule has 4 heteroatoms. The molecule has 0 aromatic heterocycles. The maximum atomic E-state index is 6.06. The van der Waals surface area contributed by atoms with Crippen LogP contribution in [0.5, 0.6) is 0 Å². The molecule has 2 aliphatic rings. The van der Waals surface area contributed by atoms with Crippen molar-refractivity contribution in [2.24, 2.45) is 11.8 Å². The van der Waals surface area contributed by atoms with E-state index in [1.165, 1.54) is 31.7 Å². The highest BCUT2D eigenvalue weighted by Crippen LogP contribution is 2.33. The van der Waals surface area contributed by atoms with E-state index in [0.717, 1.165) is 16.9 Å². The first-order valence-electron chi connectivity index (χ1n) is 6.44. The van der Waals surface area contributed by atoms with Crippen molar-refractivity contribution in [1.29, 1.82) is 0 Å². The third kappa shape index (κ3) is 2.67. The summed E-state index contributed by atoms with van der Waals surface area (Å²) in [7, 11) is 0. The van der Waals surface area contributed by atoms with Gasteiger partial charge in [-0.15, -0.1) is 12.4 Å². The molecular weight excluding hydrogens is 267 g/mol. The van der Waals surface area contributed by atoms with Gasteiger partial charge in [-0.1, -0.05) is 23.7 Å². The van der Waals surface area contributed by atoms with Crippen LogP contribution in [0.2, 0.25) is 5.02 Å². The van der Waals surface area contributed by atoms with Crippen molar-refractivity contribution in [1.82, 2.24) is 10.2 Å². The van der Waals surface area contributed by atoms with Gasteiger partial charge in [-0.05, 0) is 49.5 Å². The Labute approximate surface area is 120 Å². The molecule has 1 N–H and O–H groups in total. The fraction of sp³-hybridized carbons (Fsp3) is 0.571. The number of hydrogen-bond donors (Lipinski definition) is 1. The SMILES string of the molecule is CC(c1cccc(Cl)c1)N1C[C@H]2CNC[C@H]2C1.Cl.